The Kier molecular flexibility index (Phi) is 4.10. The van der Waals surface area contributed by atoms with Gasteiger partial charge in [-0.05, 0) is 39.5 Å². The van der Waals surface area contributed by atoms with Gasteiger partial charge in [-0.1, -0.05) is 11.8 Å². The van der Waals surface area contributed by atoms with Crippen LogP contribution in [0.15, 0.2) is 33.2 Å². The largest absolute Gasteiger partial charge is 0.383 e. The van der Waals surface area contributed by atoms with Crippen molar-refractivity contribution in [2.45, 2.75) is 10.9 Å². The maximum atomic E-state index is 13.9. The number of hydrogen-bond acceptors (Lipinski definition) is 5. The summed E-state index contributed by atoms with van der Waals surface area (Å²) in [7, 11) is 0. The molecule has 108 valence electrons. The Labute approximate surface area is 135 Å². The average molecular weight is 388 g/mol. The monoisotopic (exact) mass is 387 g/mol. The minimum absolute atomic E-state index is 0.0113. The highest BCUT2D eigenvalue weighted by Gasteiger charge is 2.14. The molecule has 3 aromatic rings. The van der Waals surface area contributed by atoms with E-state index in [0.717, 1.165) is 22.0 Å². The molecule has 3 nitrogen and oxygen atoms in total. The molecule has 0 amide bonds. The lowest BCUT2D eigenvalue weighted by atomic mass is 10.2. The number of thioether (sulfide) groups is 1. The number of aromatic nitrogens is 2. The summed E-state index contributed by atoms with van der Waals surface area (Å²) >= 11 is 5.64. The number of fused-ring (bicyclic) bond motifs is 1. The second-order valence-corrected chi connectivity index (χ2v) is 6.83. The van der Waals surface area contributed by atoms with Gasteiger partial charge in [0.05, 0.1) is 9.86 Å². The molecule has 0 aliphatic carbocycles. The van der Waals surface area contributed by atoms with Gasteiger partial charge in [-0.25, -0.2) is 18.7 Å². The third kappa shape index (κ3) is 2.88. The van der Waals surface area contributed by atoms with Crippen LogP contribution in [0.25, 0.3) is 10.2 Å². The first kappa shape index (κ1) is 14.7. The van der Waals surface area contributed by atoms with Crippen LogP contribution < -0.4 is 5.73 Å². The molecular weight excluding hydrogens is 380 g/mol. The summed E-state index contributed by atoms with van der Waals surface area (Å²) in [5.41, 5.74) is 5.83. The number of benzene rings is 1. The fourth-order valence-electron chi connectivity index (χ4n) is 1.76. The zero-order chi connectivity index (χ0) is 15.0. The number of nitrogens with two attached hydrogens (primary N) is 1. The number of nitrogen functional groups attached to an aromatic ring is 1. The van der Waals surface area contributed by atoms with Gasteiger partial charge in [0.25, 0.3) is 0 Å². The van der Waals surface area contributed by atoms with Gasteiger partial charge < -0.3 is 5.73 Å². The first-order valence-electron chi connectivity index (χ1n) is 5.82. The maximum Gasteiger partial charge on any atom is 0.191 e. The Bertz CT molecular complexity index is 823. The molecule has 0 atom stereocenters. The van der Waals surface area contributed by atoms with Gasteiger partial charge >= 0.3 is 0 Å². The van der Waals surface area contributed by atoms with Crippen molar-refractivity contribution in [3.63, 3.8) is 0 Å². The highest BCUT2D eigenvalue weighted by Crippen LogP contribution is 2.30. The molecule has 0 aliphatic heterocycles. The first-order chi connectivity index (χ1) is 10.1. The van der Waals surface area contributed by atoms with Crippen LogP contribution >= 0.6 is 39.0 Å². The second-order valence-electron chi connectivity index (χ2n) is 4.14. The van der Waals surface area contributed by atoms with Gasteiger partial charge in [0.1, 0.15) is 22.3 Å². The van der Waals surface area contributed by atoms with Gasteiger partial charge in [-0.2, -0.15) is 0 Å². The Morgan fingerprint density at radius 3 is 2.86 bits per heavy atom. The highest BCUT2D eigenvalue weighted by atomic mass is 79.9. The summed E-state index contributed by atoms with van der Waals surface area (Å²) < 4.78 is 27.8. The van der Waals surface area contributed by atoms with Gasteiger partial charge in [0.2, 0.25) is 0 Å². The molecule has 2 heterocycles. The van der Waals surface area contributed by atoms with Crippen molar-refractivity contribution in [2.24, 2.45) is 0 Å². The van der Waals surface area contributed by atoms with Crippen LogP contribution in [-0.4, -0.2) is 9.97 Å². The third-order valence-corrected chi connectivity index (χ3v) is 5.11. The standard InChI is InChI=1S/C13H8BrF2N3S2/c14-8-1-2-9(15)7(10(8)16)5-21-13-18-11(17)6-3-4-20-12(6)19-13/h1-4H,5H2,(H2,17,18,19). The fourth-order valence-corrected chi connectivity index (χ4v) is 3.82. The van der Waals surface area contributed by atoms with E-state index in [1.54, 1.807) is 0 Å². The lowest BCUT2D eigenvalue weighted by Gasteiger charge is -2.06. The van der Waals surface area contributed by atoms with Crippen molar-refractivity contribution in [3.05, 3.63) is 45.2 Å². The van der Waals surface area contributed by atoms with E-state index in [2.05, 4.69) is 25.9 Å². The lowest BCUT2D eigenvalue weighted by molar-refractivity contribution is 0.562. The predicted octanol–water partition coefficient (Wildman–Crippen LogP) is 4.61. The SMILES string of the molecule is Nc1nc(SCc2c(F)ccc(Br)c2F)nc2sccc12. The van der Waals surface area contributed by atoms with Crippen molar-refractivity contribution in [1.82, 2.24) is 9.97 Å². The number of halogens is 3. The average Bonchev–Trinajstić information content (AvgIpc) is 2.92. The molecule has 21 heavy (non-hydrogen) atoms. The molecule has 0 radical (unpaired) electrons. The molecule has 2 N–H and O–H groups in total. The minimum atomic E-state index is -0.604. The molecular formula is C13H8BrF2N3S2. The summed E-state index contributed by atoms with van der Waals surface area (Å²) in [5, 5.41) is 3.07. The Hall–Kier alpha value is -1.25. The van der Waals surface area contributed by atoms with Crippen LogP contribution in [0.2, 0.25) is 0 Å². The smallest absolute Gasteiger partial charge is 0.191 e. The van der Waals surface area contributed by atoms with E-state index in [-0.39, 0.29) is 15.8 Å². The normalized spacial score (nSPS) is 11.2. The summed E-state index contributed by atoms with van der Waals surface area (Å²) in [6, 6.07) is 4.41. The Balaban J connectivity index is 1.88. The van der Waals surface area contributed by atoms with E-state index in [1.807, 2.05) is 11.4 Å². The van der Waals surface area contributed by atoms with Gasteiger partial charge in [-0.15, -0.1) is 11.3 Å². The van der Waals surface area contributed by atoms with E-state index in [9.17, 15) is 8.78 Å². The molecule has 2 aromatic heterocycles. The molecule has 0 saturated carbocycles. The molecule has 0 fully saturated rings. The third-order valence-electron chi connectivity index (χ3n) is 2.82. The fraction of sp³-hybridized carbons (Fsp3) is 0.0769. The van der Waals surface area contributed by atoms with Crippen LogP contribution in [0.3, 0.4) is 0 Å². The van der Waals surface area contributed by atoms with Gasteiger partial charge in [0.15, 0.2) is 5.16 Å². The molecule has 0 aliphatic rings. The van der Waals surface area contributed by atoms with Crippen LogP contribution in [0.5, 0.6) is 0 Å². The van der Waals surface area contributed by atoms with Crippen molar-refractivity contribution in [2.75, 3.05) is 5.73 Å². The number of hydrogen-bond donors (Lipinski definition) is 1. The molecule has 0 saturated heterocycles. The summed E-state index contributed by atoms with van der Waals surface area (Å²) in [6.45, 7) is 0. The van der Waals surface area contributed by atoms with E-state index >= 15 is 0 Å². The number of rotatable bonds is 3. The zero-order valence-corrected chi connectivity index (χ0v) is 13.7. The molecule has 0 bridgehead atoms. The summed E-state index contributed by atoms with van der Waals surface area (Å²) in [6.07, 6.45) is 0. The van der Waals surface area contributed by atoms with E-state index in [1.165, 1.54) is 23.5 Å². The topological polar surface area (TPSA) is 51.8 Å². The van der Waals surface area contributed by atoms with Crippen molar-refractivity contribution >= 4 is 55.1 Å². The van der Waals surface area contributed by atoms with Crippen LogP contribution in [0, 0.1) is 11.6 Å². The zero-order valence-electron chi connectivity index (χ0n) is 10.4. The number of anilines is 1. The molecule has 8 heteroatoms. The molecule has 0 spiro atoms. The first-order valence-corrected chi connectivity index (χ1v) is 8.48. The Morgan fingerprint density at radius 2 is 2.05 bits per heavy atom. The van der Waals surface area contributed by atoms with Crippen LogP contribution in [0.1, 0.15) is 5.56 Å². The number of nitrogens with zero attached hydrogens (tertiary/aromatic N) is 2. The van der Waals surface area contributed by atoms with E-state index < -0.39 is 11.6 Å². The van der Waals surface area contributed by atoms with Crippen molar-refractivity contribution < 1.29 is 8.78 Å². The maximum absolute atomic E-state index is 13.9. The highest BCUT2D eigenvalue weighted by molar-refractivity contribution is 9.10. The predicted molar refractivity (Wildman–Crippen MR) is 85.4 cm³/mol. The summed E-state index contributed by atoms with van der Waals surface area (Å²) in [4.78, 5) is 9.24. The number of thiophene rings is 1. The minimum Gasteiger partial charge on any atom is -0.383 e. The van der Waals surface area contributed by atoms with Gasteiger partial charge in [0, 0.05) is 11.3 Å². The molecule has 3 rings (SSSR count). The van der Waals surface area contributed by atoms with Crippen LogP contribution in [0.4, 0.5) is 14.6 Å². The Morgan fingerprint density at radius 1 is 1.24 bits per heavy atom. The van der Waals surface area contributed by atoms with Crippen LogP contribution in [-0.2, 0) is 5.75 Å². The van der Waals surface area contributed by atoms with Crippen molar-refractivity contribution in [3.8, 4) is 0 Å². The summed E-state index contributed by atoms with van der Waals surface area (Å²) in [5.74, 6) is -0.729. The molecule has 0 unspecified atom stereocenters. The van der Waals surface area contributed by atoms with E-state index in [0.29, 0.717) is 11.0 Å². The van der Waals surface area contributed by atoms with E-state index in [4.69, 9.17) is 5.73 Å². The quantitative estimate of drug-likeness (QED) is 0.405. The second kappa shape index (κ2) is 5.86. The lowest BCUT2D eigenvalue weighted by Crippen LogP contribution is -1.98. The van der Waals surface area contributed by atoms with Crippen molar-refractivity contribution in [1.29, 1.82) is 0 Å². The molecule has 1 aromatic carbocycles. The van der Waals surface area contributed by atoms with Gasteiger partial charge in [-0.3, -0.25) is 0 Å².